The molecular formula is C16H22N4OS. The summed E-state index contributed by atoms with van der Waals surface area (Å²) >= 11 is 4.77. The average molecular weight is 318 g/mol. The van der Waals surface area contributed by atoms with Gasteiger partial charge in [0.1, 0.15) is 0 Å². The third kappa shape index (κ3) is 5.11. The number of hydrogen-bond acceptors (Lipinski definition) is 3. The number of carbonyl (C=O) groups is 1. The molecule has 118 valence electrons. The molecule has 4 N–H and O–H groups in total. The molecule has 0 aromatic heterocycles. The van der Waals surface area contributed by atoms with Crippen molar-refractivity contribution in [2.45, 2.75) is 32.1 Å². The van der Waals surface area contributed by atoms with Crippen molar-refractivity contribution in [2.24, 2.45) is 16.8 Å². The van der Waals surface area contributed by atoms with E-state index < -0.39 is 0 Å². The van der Waals surface area contributed by atoms with Crippen molar-refractivity contribution >= 4 is 28.9 Å². The quantitative estimate of drug-likeness (QED) is 0.440. The van der Waals surface area contributed by atoms with Crippen molar-refractivity contribution in [2.75, 3.05) is 6.54 Å². The topological polar surface area (TPSA) is 79.5 Å². The predicted octanol–water partition coefficient (Wildman–Crippen LogP) is 1.92. The van der Waals surface area contributed by atoms with E-state index in [9.17, 15) is 4.79 Å². The molecule has 0 bridgehead atoms. The fourth-order valence-electron chi connectivity index (χ4n) is 2.64. The maximum atomic E-state index is 12.2. The highest BCUT2D eigenvalue weighted by Crippen LogP contribution is 2.23. The number of hydrazone groups is 1. The van der Waals surface area contributed by atoms with Crippen LogP contribution < -0.4 is 16.5 Å². The van der Waals surface area contributed by atoms with Crippen LogP contribution in [0.3, 0.4) is 0 Å². The van der Waals surface area contributed by atoms with Crippen LogP contribution in [-0.4, -0.2) is 23.3 Å². The zero-order valence-electron chi connectivity index (χ0n) is 12.5. The summed E-state index contributed by atoms with van der Waals surface area (Å²) in [6, 6.07) is 9.66. The minimum Gasteiger partial charge on any atom is -0.375 e. The van der Waals surface area contributed by atoms with E-state index in [1.54, 1.807) is 0 Å². The van der Waals surface area contributed by atoms with E-state index in [-0.39, 0.29) is 16.9 Å². The zero-order valence-corrected chi connectivity index (χ0v) is 13.4. The lowest BCUT2D eigenvalue weighted by Crippen LogP contribution is -2.37. The van der Waals surface area contributed by atoms with Crippen molar-refractivity contribution < 1.29 is 4.79 Å². The monoisotopic (exact) mass is 318 g/mol. The number of amides is 1. The summed E-state index contributed by atoms with van der Waals surface area (Å²) < 4.78 is 0. The maximum Gasteiger partial charge on any atom is 0.223 e. The van der Waals surface area contributed by atoms with Crippen molar-refractivity contribution in [3.8, 4) is 0 Å². The van der Waals surface area contributed by atoms with E-state index in [1.165, 1.54) is 6.42 Å². The molecule has 0 aliphatic heterocycles. The Kier molecular flexibility index (Phi) is 6.33. The minimum atomic E-state index is 0.104. The first-order valence-corrected chi connectivity index (χ1v) is 8.03. The Labute approximate surface area is 136 Å². The second-order valence-electron chi connectivity index (χ2n) is 5.45. The second kappa shape index (κ2) is 8.48. The van der Waals surface area contributed by atoms with Gasteiger partial charge < -0.3 is 11.1 Å². The summed E-state index contributed by atoms with van der Waals surface area (Å²) in [4.78, 5) is 12.2. The Morgan fingerprint density at radius 1 is 1.23 bits per heavy atom. The number of nitrogens with two attached hydrogens (primary N) is 1. The van der Waals surface area contributed by atoms with Gasteiger partial charge in [-0.3, -0.25) is 10.2 Å². The first kappa shape index (κ1) is 16.4. The molecule has 22 heavy (non-hydrogen) atoms. The molecule has 0 saturated heterocycles. The lowest BCUT2D eigenvalue weighted by molar-refractivity contribution is -0.125. The standard InChI is InChI=1S/C16H22N4OS/c17-16(22)20-19-14(12-7-3-1-4-8-12)11-18-15(21)13-9-5-2-6-10-13/h1,3-4,7-8,13H,2,5-6,9-11H2,(H,18,21)(H3,17,20,22)/b19-14-. The minimum absolute atomic E-state index is 0.104. The summed E-state index contributed by atoms with van der Waals surface area (Å²) in [5.74, 6) is 0.243. The van der Waals surface area contributed by atoms with Gasteiger partial charge in [0.2, 0.25) is 5.91 Å². The molecular weight excluding hydrogens is 296 g/mol. The molecule has 1 aromatic carbocycles. The Morgan fingerprint density at radius 3 is 2.55 bits per heavy atom. The molecule has 1 saturated carbocycles. The molecule has 6 heteroatoms. The highest BCUT2D eigenvalue weighted by molar-refractivity contribution is 7.80. The highest BCUT2D eigenvalue weighted by atomic mass is 32.1. The average Bonchev–Trinajstić information content (AvgIpc) is 2.56. The SMILES string of the molecule is NC(=S)N/N=C(/CNC(=O)C1CCCCC1)c1ccccc1. The van der Waals surface area contributed by atoms with E-state index in [0.717, 1.165) is 31.2 Å². The smallest absolute Gasteiger partial charge is 0.223 e. The molecule has 5 nitrogen and oxygen atoms in total. The number of rotatable bonds is 5. The Bertz CT molecular complexity index is 538. The van der Waals surface area contributed by atoms with Crippen LogP contribution in [0.15, 0.2) is 35.4 Å². The summed E-state index contributed by atoms with van der Waals surface area (Å²) in [5, 5.41) is 7.28. The van der Waals surface area contributed by atoms with E-state index in [4.69, 9.17) is 18.0 Å². The van der Waals surface area contributed by atoms with Crippen molar-refractivity contribution in [3.63, 3.8) is 0 Å². The molecule has 1 aromatic rings. The van der Waals surface area contributed by atoms with Gasteiger partial charge in [0.05, 0.1) is 12.3 Å². The molecule has 0 spiro atoms. The molecule has 0 radical (unpaired) electrons. The van der Waals surface area contributed by atoms with E-state index in [1.807, 2.05) is 30.3 Å². The largest absolute Gasteiger partial charge is 0.375 e. The zero-order chi connectivity index (χ0) is 15.8. The Balaban J connectivity index is 1.99. The molecule has 1 fully saturated rings. The predicted molar refractivity (Wildman–Crippen MR) is 92.5 cm³/mol. The lowest BCUT2D eigenvalue weighted by atomic mass is 9.88. The van der Waals surface area contributed by atoms with Gasteiger partial charge in [-0.1, -0.05) is 49.6 Å². The Hall–Kier alpha value is -1.95. The van der Waals surface area contributed by atoms with Gasteiger partial charge in [-0.05, 0) is 30.6 Å². The summed E-state index contributed by atoms with van der Waals surface area (Å²) in [6.07, 6.45) is 5.48. The van der Waals surface area contributed by atoms with Crippen molar-refractivity contribution in [3.05, 3.63) is 35.9 Å². The summed E-state index contributed by atoms with van der Waals surface area (Å²) in [5.41, 5.74) is 9.64. The first-order chi connectivity index (χ1) is 10.7. The second-order valence-corrected chi connectivity index (χ2v) is 5.89. The van der Waals surface area contributed by atoms with Gasteiger partial charge in [0, 0.05) is 5.92 Å². The first-order valence-electron chi connectivity index (χ1n) is 7.62. The van der Waals surface area contributed by atoms with Crippen LogP contribution in [0, 0.1) is 5.92 Å². The number of carbonyl (C=O) groups excluding carboxylic acids is 1. The number of benzene rings is 1. The van der Waals surface area contributed by atoms with Crippen LogP contribution in [0.2, 0.25) is 0 Å². The van der Waals surface area contributed by atoms with Gasteiger partial charge in [0.15, 0.2) is 5.11 Å². The van der Waals surface area contributed by atoms with Crippen LogP contribution in [0.4, 0.5) is 0 Å². The van der Waals surface area contributed by atoms with Crippen molar-refractivity contribution in [1.29, 1.82) is 0 Å². The number of hydrogen-bond donors (Lipinski definition) is 3. The fourth-order valence-corrected chi connectivity index (χ4v) is 2.68. The Morgan fingerprint density at radius 2 is 1.91 bits per heavy atom. The number of nitrogens with one attached hydrogen (secondary N) is 2. The van der Waals surface area contributed by atoms with Crippen LogP contribution in [-0.2, 0) is 4.79 Å². The molecule has 1 aliphatic carbocycles. The van der Waals surface area contributed by atoms with Crippen LogP contribution in [0.1, 0.15) is 37.7 Å². The van der Waals surface area contributed by atoms with E-state index in [0.29, 0.717) is 12.3 Å². The van der Waals surface area contributed by atoms with E-state index >= 15 is 0 Å². The van der Waals surface area contributed by atoms with Gasteiger partial charge in [0.25, 0.3) is 0 Å². The van der Waals surface area contributed by atoms with Crippen molar-refractivity contribution in [1.82, 2.24) is 10.7 Å². The van der Waals surface area contributed by atoms with Gasteiger partial charge in [-0.25, -0.2) is 0 Å². The van der Waals surface area contributed by atoms with Crippen LogP contribution >= 0.6 is 12.2 Å². The third-order valence-electron chi connectivity index (χ3n) is 3.81. The molecule has 1 aliphatic rings. The highest BCUT2D eigenvalue weighted by Gasteiger charge is 2.21. The number of thiocarbonyl (C=S) groups is 1. The van der Waals surface area contributed by atoms with Gasteiger partial charge >= 0.3 is 0 Å². The molecule has 1 amide bonds. The van der Waals surface area contributed by atoms with Gasteiger partial charge in [-0.2, -0.15) is 5.10 Å². The molecule has 0 unspecified atom stereocenters. The molecule has 0 heterocycles. The summed E-state index contributed by atoms with van der Waals surface area (Å²) in [6.45, 7) is 0.356. The van der Waals surface area contributed by atoms with E-state index in [2.05, 4.69) is 15.8 Å². The van der Waals surface area contributed by atoms with Crippen LogP contribution in [0.5, 0.6) is 0 Å². The third-order valence-corrected chi connectivity index (χ3v) is 3.91. The van der Waals surface area contributed by atoms with Crippen LogP contribution in [0.25, 0.3) is 0 Å². The van der Waals surface area contributed by atoms with Gasteiger partial charge in [-0.15, -0.1) is 0 Å². The molecule has 2 rings (SSSR count). The molecule has 0 atom stereocenters. The number of nitrogens with zero attached hydrogens (tertiary/aromatic N) is 1. The normalized spacial score (nSPS) is 16.1. The lowest BCUT2D eigenvalue weighted by Gasteiger charge is -2.21. The fraction of sp³-hybridized carbons (Fsp3) is 0.438. The maximum absolute atomic E-state index is 12.2. The summed E-state index contributed by atoms with van der Waals surface area (Å²) in [7, 11) is 0.